The number of nitrogens with one attached hydrogen (secondary N) is 1. The molecule has 1 atom stereocenters. The minimum atomic E-state index is -5.18. The molecule has 41 heavy (non-hydrogen) atoms. The number of hydrogen-bond acceptors (Lipinski definition) is 3. The van der Waals surface area contributed by atoms with Crippen LogP contribution in [0.15, 0.2) is 60.7 Å². The number of carboxylic acids is 1. The minimum absolute atomic E-state index is 0.158. The number of rotatable bonds is 10. The SMILES string of the molecule is O=C(O)C[C@@](CNC(=O)c1ccc(F)c(C(F)(F)F)c1)(c1ccc(F)cc1)c1cc(F)cc(OC(F)(F)C(F)F)c1. The summed E-state index contributed by atoms with van der Waals surface area (Å²) in [6, 6.07) is 6.43. The standard InChI is InChI=1S/C26H17F10NO4/c27-16-4-2-14(3-5-16)24(11-21(38)39,15-8-17(28)10-18(9-15)41-26(35,36)23(30)31)12-37-22(40)13-1-6-20(29)19(7-13)25(32,33)34/h1-10,23H,11-12H2,(H,37,40)(H,38,39)/t24-/m1/s1. The van der Waals surface area contributed by atoms with E-state index in [0.717, 1.165) is 24.3 Å². The van der Waals surface area contributed by atoms with Gasteiger partial charge in [0.15, 0.2) is 0 Å². The van der Waals surface area contributed by atoms with Crippen LogP contribution >= 0.6 is 0 Å². The molecular weight excluding hydrogens is 580 g/mol. The molecule has 0 aliphatic carbocycles. The third-order valence-corrected chi connectivity index (χ3v) is 5.87. The molecule has 0 saturated carbocycles. The molecule has 5 nitrogen and oxygen atoms in total. The summed E-state index contributed by atoms with van der Waals surface area (Å²) in [4.78, 5) is 24.7. The highest BCUT2D eigenvalue weighted by Gasteiger charge is 2.45. The summed E-state index contributed by atoms with van der Waals surface area (Å²) in [5.41, 5.74) is -5.35. The number of aliphatic carboxylic acids is 1. The van der Waals surface area contributed by atoms with Gasteiger partial charge in [0.1, 0.15) is 23.2 Å². The zero-order valence-corrected chi connectivity index (χ0v) is 20.2. The normalized spacial score (nSPS) is 13.5. The lowest BCUT2D eigenvalue weighted by Crippen LogP contribution is -2.43. The van der Waals surface area contributed by atoms with E-state index in [0.29, 0.717) is 30.3 Å². The highest BCUT2D eigenvalue weighted by Crippen LogP contribution is 2.39. The Hall–Kier alpha value is -4.30. The Balaban J connectivity index is 2.14. The molecule has 0 spiro atoms. The molecule has 2 N–H and O–H groups in total. The highest BCUT2D eigenvalue weighted by atomic mass is 19.4. The van der Waals surface area contributed by atoms with Crippen molar-refractivity contribution in [3.63, 3.8) is 0 Å². The fourth-order valence-corrected chi connectivity index (χ4v) is 3.98. The monoisotopic (exact) mass is 597 g/mol. The third-order valence-electron chi connectivity index (χ3n) is 5.87. The molecule has 0 saturated heterocycles. The largest absolute Gasteiger partial charge is 0.481 e. The predicted octanol–water partition coefficient (Wildman–Crippen LogP) is 6.55. The van der Waals surface area contributed by atoms with Gasteiger partial charge in [0.2, 0.25) is 0 Å². The van der Waals surface area contributed by atoms with Crippen LogP contribution in [0.2, 0.25) is 0 Å². The highest BCUT2D eigenvalue weighted by molar-refractivity contribution is 5.94. The van der Waals surface area contributed by atoms with Crippen molar-refractivity contribution in [3.05, 3.63) is 100 Å². The average Bonchev–Trinajstić information content (AvgIpc) is 2.85. The Labute approximate surface area is 224 Å². The maximum atomic E-state index is 14.6. The van der Waals surface area contributed by atoms with Crippen molar-refractivity contribution in [3.8, 4) is 5.75 Å². The van der Waals surface area contributed by atoms with Crippen molar-refractivity contribution < 1.29 is 63.3 Å². The smallest absolute Gasteiger partial charge is 0.461 e. The lowest BCUT2D eigenvalue weighted by atomic mass is 9.71. The summed E-state index contributed by atoms with van der Waals surface area (Å²) in [7, 11) is 0. The molecule has 3 rings (SSSR count). The van der Waals surface area contributed by atoms with Gasteiger partial charge in [-0.05, 0) is 53.6 Å². The molecule has 0 bridgehead atoms. The van der Waals surface area contributed by atoms with Gasteiger partial charge in [0.05, 0.1) is 12.0 Å². The fraction of sp³-hybridized carbons (Fsp3) is 0.231. The Kier molecular flexibility index (Phi) is 8.89. The summed E-state index contributed by atoms with van der Waals surface area (Å²) in [5, 5.41) is 11.8. The van der Waals surface area contributed by atoms with Gasteiger partial charge in [0.25, 0.3) is 5.91 Å². The van der Waals surface area contributed by atoms with Crippen molar-refractivity contribution >= 4 is 11.9 Å². The number of carbonyl (C=O) groups excluding carboxylic acids is 1. The zero-order valence-electron chi connectivity index (χ0n) is 20.2. The Bertz CT molecular complexity index is 1430. The van der Waals surface area contributed by atoms with E-state index in [2.05, 4.69) is 10.1 Å². The van der Waals surface area contributed by atoms with E-state index in [4.69, 9.17) is 0 Å². The molecule has 0 unspecified atom stereocenters. The van der Waals surface area contributed by atoms with Gasteiger partial charge in [-0.1, -0.05) is 12.1 Å². The maximum absolute atomic E-state index is 14.6. The van der Waals surface area contributed by atoms with Crippen molar-refractivity contribution in [2.24, 2.45) is 0 Å². The van der Waals surface area contributed by atoms with E-state index < -0.39 is 88.9 Å². The van der Waals surface area contributed by atoms with Crippen LogP contribution in [-0.2, 0) is 16.4 Å². The first-order valence-electron chi connectivity index (χ1n) is 11.2. The second-order valence-corrected chi connectivity index (χ2v) is 8.67. The number of benzene rings is 3. The molecule has 1 amide bonds. The number of carbonyl (C=O) groups is 2. The number of alkyl halides is 7. The van der Waals surface area contributed by atoms with Gasteiger partial charge >= 0.3 is 24.7 Å². The van der Waals surface area contributed by atoms with Crippen LogP contribution in [0.1, 0.15) is 33.5 Å². The van der Waals surface area contributed by atoms with Crippen LogP contribution < -0.4 is 10.1 Å². The summed E-state index contributed by atoms with van der Waals surface area (Å²) >= 11 is 0. The van der Waals surface area contributed by atoms with E-state index in [1.54, 1.807) is 0 Å². The van der Waals surface area contributed by atoms with Crippen molar-refractivity contribution in [2.45, 2.75) is 30.5 Å². The molecule has 3 aromatic rings. The van der Waals surface area contributed by atoms with E-state index in [-0.39, 0.29) is 11.6 Å². The van der Waals surface area contributed by atoms with Crippen molar-refractivity contribution in [2.75, 3.05) is 6.54 Å². The van der Waals surface area contributed by atoms with Crippen molar-refractivity contribution in [1.29, 1.82) is 0 Å². The molecule has 0 aliphatic heterocycles. The molecule has 0 heterocycles. The van der Waals surface area contributed by atoms with Gasteiger partial charge in [-0.15, -0.1) is 0 Å². The topological polar surface area (TPSA) is 75.6 Å². The zero-order chi connectivity index (χ0) is 30.8. The number of halogens is 10. The number of carboxylic acid groups (broad SMARTS) is 1. The van der Waals surface area contributed by atoms with Gasteiger partial charge in [-0.3, -0.25) is 9.59 Å². The van der Waals surface area contributed by atoms with Crippen LogP contribution in [0.3, 0.4) is 0 Å². The van der Waals surface area contributed by atoms with Crippen LogP contribution in [0.4, 0.5) is 43.9 Å². The van der Waals surface area contributed by atoms with Gasteiger partial charge < -0.3 is 15.2 Å². The molecular formula is C26H17F10NO4. The quantitative estimate of drug-likeness (QED) is 0.260. The molecule has 0 aromatic heterocycles. The van der Waals surface area contributed by atoms with E-state index >= 15 is 0 Å². The first-order chi connectivity index (χ1) is 18.9. The van der Waals surface area contributed by atoms with Crippen LogP contribution in [0.5, 0.6) is 5.75 Å². The number of ether oxygens (including phenoxy) is 1. The van der Waals surface area contributed by atoms with Gasteiger partial charge in [-0.25, -0.2) is 13.2 Å². The predicted molar refractivity (Wildman–Crippen MR) is 121 cm³/mol. The molecule has 3 aromatic carbocycles. The molecule has 0 radical (unpaired) electrons. The lowest BCUT2D eigenvalue weighted by molar-refractivity contribution is -0.253. The second kappa shape index (κ2) is 11.7. The minimum Gasteiger partial charge on any atom is -0.481 e. The molecule has 220 valence electrons. The number of amides is 1. The maximum Gasteiger partial charge on any atom is 0.461 e. The summed E-state index contributed by atoms with van der Waals surface area (Å²) in [6.45, 7) is -0.892. The Morgan fingerprint density at radius 2 is 1.46 bits per heavy atom. The fourth-order valence-electron chi connectivity index (χ4n) is 3.98. The van der Waals surface area contributed by atoms with Crippen LogP contribution in [-0.4, -0.2) is 36.1 Å². The molecule has 0 aliphatic rings. The summed E-state index contributed by atoms with van der Waals surface area (Å²) in [6.07, 6.45) is -15.7. The van der Waals surface area contributed by atoms with E-state index in [1.165, 1.54) is 0 Å². The average molecular weight is 597 g/mol. The Morgan fingerprint density at radius 3 is 2.02 bits per heavy atom. The number of hydrogen-bond donors (Lipinski definition) is 2. The van der Waals surface area contributed by atoms with Gasteiger partial charge in [-0.2, -0.15) is 30.7 Å². The second-order valence-electron chi connectivity index (χ2n) is 8.67. The van der Waals surface area contributed by atoms with E-state index in [1.807, 2.05) is 0 Å². The van der Waals surface area contributed by atoms with Crippen LogP contribution in [0.25, 0.3) is 0 Å². The first kappa shape index (κ1) is 31.2. The van der Waals surface area contributed by atoms with Gasteiger partial charge in [0, 0.05) is 23.6 Å². The third kappa shape index (κ3) is 7.27. The summed E-state index contributed by atoms with van der Waals surface area (Å²) in [5.74, 6) is -7.96. The molecule has 0 fully saturated rings. The Morgan fingerprint density at radius 1 is 0.829 bits per heavy atom. The van der Waals surface area contributed by atoms with Crippen molar-refractivity contribution in [1.82, 2.24) is 5.32 Å². The van der Waals surface area contributed by atoms with Crippen LogP contribution in [0, 0.1) is 17.5 Å². The first-order valence-corrected chi connectivity index (χ1v) is 11.2. The van der Waals surface area contributed by atoms with E-state index in [9.17, 15) is 58.6 Å². The summed E-state index contributed by atoms with van der Waals surface area (Å²) < 4.78 is 138. The molecule has 15 heteroatoms. The lowest BCUT2D eigenvalue weighted by Gasteiger charge is -2.34.